The first-order valence-electron chi connectivity index (χ1n) is 8.35. The molecule has 23 heavy (non-hydrogen) atoms. The Morgan fingerprint density at radius 1 is 1.13 bits per heavy atom. The van der Waals surface area contributed by atoms with Crippen LogP contribution in [0.5, 0.6) is 0 Å². The SMILES string of the molecule is O=C(c1coc(-c2ccccc2)n1)N1CCC(N2CCCC2)C1. The second-order valence-electron chi connectivity index (χ2n) is 6.34. The summed E-state index contributed by atoms with van der Waals surface area (Å²) in [6, 6.07) is 10.2. The number of amides is 1. The highest BCUT2D eigenvalue weighted by atomic mass is 16.3. The zero-order valence-electron chi connectivity index (χ0n) is 13.1. The fraction of sp³-hybridized carbons (Fsp3) is 0.444. The summed E-state index contributed by atoms with van der Waals surface area (Å²) in [4.78, 5) is 21.4. The predicted octanol–water partition coefficient (Wildman–Crippen LogP) is 2.65. The predicted molar refractivity (Wildman–Crippen MR) is 87.1 cm³/mol. The van der Waals surface area contributed by atoms with E-state index in [1.807, 2.05) is 35.2 Å². The zero-order chi connectivity index (χ0) is 15.6. The molecule has 2 saturated heterocycles. The summed E-state index contributed by atoms with van der Waals surface area (Å²) in [5.74, 6) is 0.488. The Kier molecular flexibility index (Phi) is 3.87. The van der Waals surface area contributed by atoms with E-state index in [1.54, 1.807) is 0 Å². The van der Waals surface area contributed by atoms with E-state index in [0.29, 0.717) is 17.6 Å². The number of hydrogen-bond donors (Lipinski definition) is 0. The van der Waals surface area contributed by atoms with Gasteiger partial charge in [0.05, 0.1) is 0 Å². The summed E-state index contributed by atoms with van der Waals surface area (Å²) in [6.07, 6.45) is 5.12. The first-order chi connectivity index (χ1) is 11.3. The van der Waals surface area contributed by atoms with E-state index in [2.05, 4.69) is 9.88 Å². The summed E-state index contributed by atoms with van der Waals surface area (Å²) >= 11 is 0. The molecule has 0 spiro atoms. The van der Waals surface area contributed by atoms with Gasteiger partial charge < -0.3 is 9.32 Å². The lowest BCUT2D eigenvalue weighted by Crippen LogP contribution is -2.37. The van der Waals surface area contributed by atoms with Gasteiger partial charge in [-0.15, -0.1) is 0 Å². The molecule has 2 fully saturated rings. The number of aromatic nitrogens is 1. The molecule has 0 radical (unpaired) electrons. The number of nitrogens with zero attached hydrogens (tertiary/aromatic N) is 3. The molecule has 5 nitrogen and oxygen atoms in total. The molecule has 1 aromatic heterocycles. The average Bonchev–Trinajstić information content (AvgIpc) is 3.35. The summed E-state index contributed by atoms with van der Waals surface area (Å²) < 4.78 is 5.49. The molecule has 2 aliphatic rings. The fourth-order valence-corrected chi connectivity index (χ4v) is 3.58. The van der Waals surface area contributed by atoms with Crippen molar-refractivity contribution in [2.24, 2.45) is 0 Å². The van der Waals surface area contributed by atoms with Gasteiger partial charge in [0.2, 0.25) is 5.89 Å². The number of rotatable bonds is 3. The topological polar surface area (TPSA) is 49.6 Å². The van der Waals surface area contributed by atoms with Crippen molar-refractivity contribution >= 4 is 5.91 Å². The number of likely N-dealkylation sites (tertiary alicyclic amines) is 2. The van der Waals surface area contributed by atoms with Gasteiger partial charge in [0.15, 0.2) is 5.69 Å². The van der Waals surface area contributed by atoms with Crippen LogP contribution in [0.15, 0.2) is 41.0 Å². The van der Waals surface area contributed by atoms with Crippen molar-refractivity contribution in [1.29, 1.82) is 0 Å². The molecule has 2 aromatic rings. The van der Waals surface area contributed by atoms with E-state index in [9.17, 15) is 4.79 Å². The molecule has 4 rings (SSSR count). The van der Waals surface area contributed by atoms with Gasteiger partial charge in [-0.05, 0) is 44.5 Å². The minimum atomic E-state index is -0.0161. The molecule has 1 aromatic carbocycles. The van der Waals surface area contributed by atoms with E-state index in [0.717, 1.165) is 25.1 Å². The quantitative estimate of drug-likeness (QED) is 0.874. The van der Waals surface area contributed by atoms with Crippen molar-refractivity contribution in [3.8, 4) is 11.5 Å². The Hall–Kier alpha value is -2.14. The lowest BCUT2D eigenvalue weighted by Gasteiger charge is -2.23. The number of hydrogen-bond acceptors (Lipinski definition) is 4. The highest BCUT2D eigenvalue weighted by molar-refractivity contribution is 5.92. The zero-order valence-corrected chi connectivity index (χ0v) is 13.1. The minimum absolute atomic E-state index is 0.0161. The largest absolute Gasteiger partial charge is 0.444 e. The second kappa shape index (κ2) is 6.16. The van der Waals surface area contributed by atoms with Crippen LogP contribution < -0.4 is 0 Å². The number of carbonyl (C=O) groups excluding carboxylic acids is 1. The molecule has 3 heterocycles. The van der Waals surface area contributed by atoms with Gasteiger partial charge in [-0.3, -0.25) is 9.69 Å². The lowest BCUT2D eigenvalue weighted by molar-refractivity contribution is 0.0774. The molecule has 0 N–H and O–H groups in total. The van der Waals surface area contributed by atoms with Gasteiger partial charge in [0.1, 0.15) is 6.26 Å². The smallest absolute Gasteiger partial charge is 0.275 e. The minimum Gasteiger partial charge on any atom is -0.444 e. The maximum atomic E-state index is 12.6. The van der Waals surface area contributed by atoms with Crippen molar-refractivity contribution in [1.82, 2.24) is 14.8 Å². The molecule has 0 saturated carbocycles. The van der Waals surface area contributed by atoms with Crippen LogP contribution in [0, 0.1) is 0 Å². The Bertz CT molecular complexity index is 677. The third kappa shape index (κ3) is 2.88. The molecule has 1 unspecified atom stereocenters. The summed E-state index contributed by atoms with van der Waals surface area (Å²) in [7, 11) is 0. The van der Waals surface area contributed by atoms with E-state index >= 15 is 0 Å². The summed E-state index contributed by atoms with van der Waals surface area (Å²) in [5.41, 5.74) is 1.30. The number of benzene rings is 1. The van der Waals surface area contributed by atoms with Crippen molar-refractivity contribution in [3.05, 3.63) is 42.3 Å². The fourth-order valence-electron chi connectivity index (χ4n) is 3.58. The van der Waals surface area contributed by atoms with Crippen molar-refractivity contribution < 1.29 is 9.21 Å². The van der Waals surface area contributed by atoms with Crippen LogP contribution >= 0.6 is 0 Å². The van der Waals surface area contributed by atoms with E-state index in [1.165, 1.54) is 32.2 Å². The third-order valence-corrected chi connectivity index (χ3v) is 4.85. The molecular formula is C18H21N3O2. The molecule has 120 valence electrons. The first kappa shape index (κ1) is 14.5. The molecule has 1 amide bonds. The van der Waals surface area contributed by atoms with Crippen LogP contribution in [-0.2, 0) is 0 Å². The molecule has 0 bridgehead atoms. The molecule has 0 aliphatic carbocycles. The monoisotopic (exact) mass is 311 g/mol. The first-order valence-corrected chi connectivity index (χ1v) is 8.35. The molecule has 1 atom stereocenters. The van der Waals surface area contributed by atoms with Gasteiger partial charge in [0.25, 0.3) is 5.91 Å². The van der Waals surface area contributed by atoms with Crippen molar-refractivity contribution in [3.63, 3.8) is 0 Å². The third-order valence-electron chi connectivity index (χ3n) is 4.85. The van der Waals surface area contributed by atoms with E-state index in [-0.39, 0.29) is 5.91 Å². The van der Waals surface area contributed by atoms with Crippen molar-refractivity contribution in [2.75, 3.05) is 26.2 Å². The van der Waals surface area contributed by atoms with Gasteiger partial charge >= 0.3 is 0 Å². The maximum Gasteiger partial charge on any atom is 0.275 e. The van der Waals surface area contributed by atoms with E-state index < -0.39 is 0 Å². The maximum absolute atomic E-state index is 12.6. The summed E-state index contributed by atoms with van der Waals surface area (Å²) in [6.45, 7) is 3.98. The van der Waals surface area contributed by atoms with Crippen LogP contribution in [0.1, 0.15) is 29.8 Å². The van der Waals surface area contributed by atoms with Gasteiger partial charge in [-0.2, -0.15) is 0 Å². The van der Waals surface area contributed by atoms with Crippen LogP contribution in [-0.4, -0.2) is 52.9 Å². The molecular weight excluding hydrogens is 290 g/mol. The Labute approximate surface area is 135 Å². The Balaban J connectivity index is 1.44. The molecule has 5 heteroatoms. The normalized spacial score (nSPS) is 21.9. The Morgan fingerprint density at radius 3 is 2.70 bits per heavy atom. The van der Waals surface area contributed by atoms with Crippen LogP contribution in [0.3, 0.4) is 0 Å². The van der Waals surface area contributed by atoms with Gasteiger partial charge in [-0.1, -0.05) is 18.2 Å². The van der Waals surface area contributed by atoms with Crippen LogP contribution in [0.25, 0.3) is 11.5 Å². The van der Waals surface area contributed by atoms with Crippen LogP contribution in [0.4, 0.5) is 0 Å². The summed E-state index contributed by atoms with van der Waals surface area (Å²) in [5, 5.41) is 0. The standard InChI is InChI=1S/C18H21N3O2/c22-18(21-11-8-15(12-21)20-9-4-5-10-20)16-13-23-17(19-16)14-6-2-1-3-7-14/h1-3,6-7,13,15H,4-5,8-12H2. The molecule has 2 aliphatic heterocycles. The van der Waals surface area contributed by atoms with Crippen LogP contribution in [0.2, 0.25) is 0 Å². The highest BCUT2D eigenvalue weighted by Crippen LogP contribution is 2.23. The lowest BCUT2D eigenvalue weighted by atomic mass is 10.2. The van der Waals surface area contributed by atoms with E-state index in [4.69, 9.17) is 4.42 Å². The number of oxazole rings is 1. The van der Waals surface area contributed by atoms with Gasteiger partial charge in [-0.25, -0.2) is 4.98 Å². The highest BCUT2D eigenvalue weighted by Gasteiger charge is 2.32. The van der Waals surface area contributed by atoms with Crippen molar-refractivity contribution in [2.45, 2.75) is 25.3 Å². The Morgan fingerprint density at radius 2 is 1.91 bits per heavy atom. The number of carbonyl (C=O) groups is 1. The average molecular weight is 311 g/mol. The van der Waals surface area contributed by atoms with Gasteiger partial charge in [0, 0.05) is 24.7 Å². The second-order valence-corrected chi connectivity index (χ2v) is 6.34.